The molecule has 4 nitrogen and oxygen atoms in total. The van der Waals surface area contributed by atoms with Crippen LogP contribution in [0.1, 0.15) is 21.5 Å². The SMILES string of the molecule is N[C@@H](Cc1ccc(C(=O)c2ccccc2)cc1)C(=O)Nc1ccc2ccccc2c1. The molecule has 0 spiro atoms. The number of nitrogens with one attached hydrogen (secondary N) is 1. The largest absolute Gasteiger partial charge is 0.325 e. The number of hydrogen-bond acceptors (Lipinski definition) is 3. The van der Waals surface area contributed by atoms with Gasteiger partial charge in [-0.3, -0.25) is 9.59 Å². The second kappa shape index (κ2) is 8.72. The number of carbonyl (C=O) groups excluding carboxylic acids is 2. The molecule has 30 heavy (non-hydrogen) atoms. The topological polar surface area (TPSA) is 72.2 Å². The minimum Gasteiger partial charge on any atom is -0.325 e. The Morgan fingerprint density at radius 2 is 1.37 bits per heavy atom. The Labute approximate surface area is 175 Å². The molecule has 0 heterocycles. The van der Waals surface area contributed by atoms with Gasteiger partial charge in [0.25, 0.3) is 0 Å². The van der Waals surface area contributed by atoms with E-state index in [9.17, 15) is 9.59 Å². The highest BCUT2D eigenvalue weighted by Crippen LogP contribution is 2.19. The van der Waals surface area contributed by atoms with Gasteiger partial charge in [-0.15, -0.1) is 0 Å². The number of nitrogens with two attached hydrogens (primary N) is 1. The molecule has 0 aromatic heterocycles. The van der Waals surface area contributed by atoms with Crippen molar-refractivity contribution < 1.29 is 9.59 Å². The molecule has 1 atom stereocenters. The maximum Gasteiger partial charge on any atom is 0.241 e. The zero-order valence-corrected chi connectivity index (χ0v) is 16.4. The monoisotopic (exact) mass is 394 g/mol. The van der Waals surface area contributed by atoms with Crippen LogP contribution in [-0.4, -0.2) is 17.7 Å². The van der Waals surface area contributed by atoms with Gasteiger partial charge in [0.2, 0.25) is 5.91 Å². The van der Waals surface area contributed by atoms with Gasteiger partial charge in [0.05, 0.1) is 6.04 Å². The molecule has 0 saturated heterocycles. The summed E-state index contributed by atoms with van der Waals surface area (Å²) >= 11 is 0. The molecule has 0 radical (unpaired) electrons. The summed E-state index contributed by atoms with van der Waals surface area (Å²) in [6.45, 7) is 0. The summed E-state index contributed by atoms with van der Waals surface area (Å²) in [7, 11) is 0. The molecule has 0 bridgehead atoms. The number of fused-ring (bicyclic) bond motifs is 1. The maximum atomic E-state index is 12.5. The van der Waals surface area contributed by atoms with Crippen molar-refractivity contribution >= 4 is 28.2 Å². The lowest BCUT2D eigenvalue weighted by molar-refractivity contribution is -0.117. The Bertz CT molecular complexity index is 1180. The van der Waals surface area contributed by atoms with Gasteiger partial charge in [0, 0.05) is 16.8 Å². The number of anilines is 1. The van der Waals surface area contributed by atoms with Gasteiger partial charge in [-0.25, -0.2) is 0 Å². The highest BCUT2D eigenvalue weighted by atomic mass is 16.2. The van der Waals surface area contributed by atoms with Crippen LogP contribution in [0.3, 0.4) is 0 Å². The van der Waals surface area contributed by atoms with Crippen molar-refractivity contribution in [1.29, 1.82) is 0 Å². The smallest absolute Gasteiger partial charge is 0.241 e. The highest BCUT2D eigenvalue weighted by Gasteiger charge is 2.15. The third kappa shape index (κ3) is 4.45. The molecule has 0 saturated carbocycles. The van der Waals surface area contributed by atoms with E-state index < -0.39 is 6.04 Å². The zero-order chi connectivity index (χ0) is 20.9. The van der Waals surface area contributed by atoms with Crippen molar-refractivity contribution in [2.24, 2.45) is 5.73 Å². The van der Waals surface area contributed by atoms with Crippen LogP contribution in [-0.2, 0) is 11.2 Å². The summed E-state index contributed by atoms with van der Waals surface area (Å²) in [6, 6.07) is 29.5. The molecule has 0 aliphatic carbocycles. The van der Waals surface area contributed by atoms with E-state index in [1.807, 2.05) is 72.8 Å². The van der Waals surface area contributed by atoms with Crippen molar-refractivity contribution in [3.8, 4) is 0 Å². The number of carbonyl (C=O) groups is 2. The predicted octanol–water partition coefficient (Wildman–Crippen LogP) is 4.58. The second-order valence-corrected chi connectivity index (χ2v) is 7.25. The Hall–Kier alpha value is -3.76. The van der Waals surface area contributed by atoms with Crippen LogP contribution in [0.2, 0.25) is 0 Å². The fourth-order valence-corrected chi connectivity index (χ4v) is 3.40. The molecule has 148 valence electrons. The summed E-state index contributed by atoms with van der Waals surface area (Å²) < 4.78 is 0. The molecule has 0 fully saturated rings. The molecular weight excluding hydrogens is 372 g/mol. The van der Waals surface area contributed by atoms with E-state index in [-0.39, 0.29) is 11.7 Å². The zero-order valence-electron chi connectivity index (χ0n) is 16.4. The van der Waals surface area contributed by atoms with Crippen LogP contribution in [0.15, 0.2) is 97.1 Å². The van der Waals surface area contributed by atoms with E-state index in [2.05, 4.69) is 5.32 Å². The standard InChI is InChI=1S/C26H22N2O2/c27-24(26(30)28-23-15-14-19-6-4-5-9-22(19)17-23)16-18-10-12-21(13-11-18)25(29)20-7-2-1-3-8-20/h1-15,17,24H,16,27H2,(H,28,30)/t24-/m0/s1. The first-order valence-corrected chi connectivity index (χ1v) is 9.84. The van der Waals surface area contributed by atoms with Crippen LogP contribution in [0.25, 0.3) is 10.8 Å². The lowest BCUT2D eigenvalue weighted by Gasteiger charge is -2.13. The van der Waals surface area contributed by atoms with E-state index >= 15 is 0 Å². The molecule has 1 amide bonds. The van der Waals surface area contributed by atoms with Crippen molar-refractivity contribution in [2.75, 3.05) is 5.32 Å². The van der Waals surface area contributed by atoms with Crippen LogP contribution >= 0.6 is 0 Å². The van der Waals surface area contributed by atoms with Crippen molar-refractivity contribution in [2.45, 2.75) is 12.5 Å². The average Bonchev–Trinajstić information content (AvgIpc) is 2.79. The van der Waals surface area contributed by atoms with E-state index in [1.165, 1.54) is 0 Å². The van der Waals surface area contributed by atoms with Crippen molar-refractivity contribution in [1.82, 2.24) is 0 Å². The lowest BCUT2D eigenvalue weighted by atomic mass is 9.99. The van der Waals surface area contributed by atoms with Gasteiger partial charge in [-0.2, -0.15) is 0 Å². The molecule has 3 N–H and O–H groups in total. The van der Waals surface area contributed by atoms with Crippen molar-refractivity contribution in [3.05, 3.63) is 114 Å². The van der Waals surface area contributed by atoms with Crippen molar-refractivity contribution in [3.63, 3.8) is 0 Å². The summed E-state index contributed by atoms with van der Waals surface area (Å²) in [6.07, 6.45) is 0.388. The first-order valence-electron chi connectivity index (χ1n) is 9.84. The molecule has 4 rings (SSSR count). The fourth-order valence-electron chi connectivity index (χ4n) is 3.40. The van der Waals surface area contributed by atoms with E-state index in [0.717, 1.165) is 22.0 Å². The molecule has 4 aromatic carbocycles. The Balaban J connectivity index is 1.39. The van der Waals surface area contributed by atoms with Crippen LogP contribution < -0.4 is 11.1 Å². The average molecular weight is 394 g/mol. The van der Waals surface area contributed by atoms with E-state index in [4.69, 9.17) is 5.73 Å². The fraction of sp³-hybridized carbons (Fsp3) is 0.0769. The third-order valence-corrected chi connectivity index (χ3v) is 5.06. The summed E-state index contributed by atoms with van der Waals surface area (Å²) in [4.78, 5) is 25.0. The van der Waals surface area contributed by atoms with E-state index in [0.29, 0.717) is 17.5 Å². The Morgan fingerprint density at radius 3 is 2.10 bits per heavy atom. The molecular formula is C26H22N2O2. The van der Waals surface area contributed by atoms with E-state index in [1.54, 1.807) is 24.3 Å². The number of rotatable bonds is 6. The molecule has 0 unspecified atom stereocenters. The van der Waals surface area contributed by atoms with Gasteiger partial charge in [0.1, 0.15) is 0 Å². The highest BCUT2D eigenvalue weighted by molar-refractivity contribution is 6.09. The summed E-state index contributed by atoms with van der Waals surface area (Å²) in [5, 5.41) is 5.06. The van der Waals surface area contributed by atoms with Gasteiger partial charge in [-0.1, -0.05) is 84.9 Å². The number of benzene rings is 4. The summed E-state index contributed by atoms with van der Waals surface area (Å²) in [5.41, 5.74) is 9.00. The first kappa shape index (κ1) is 19.6. The normalized spacial score (nSPS) is 11.8. The third-order valence-electron chi connectivity index (χ3n) is 5.06. The summed E-state index contributed by atoms with van der Waals surface area (Å²) in [5.74, 6) is -0.268. The number of hydrogen-bond donors (Lipinski definition) is 2. The Kier molecular flexibility index (Phi) is 5.68. The minimum atomic E-state index is -0.688. The quantitative estimate of drug-likeness (QED) is 0.470. The first-order chi connectivity index (χ1) is 14.6. The van der Waals surface area contributed by atoms with Crippen LogP contribution in [0.5, 0.6) is 0 Å². The number of ketones is 1. The van der Waals surface area contributed by atoms with Gasteiger partial charge in [-0.05, 0) is 34.9 Å². The Morgan fingerprint density at radius 1 is 0.733 bits per heavy atom. The van der Waals surface area contributed by atoms with Gasteiger partial charge < -0.3 is 11.1 Å². The second-order valence-electron chi connectivity index (χ2n) is 7.25. The predicted molar refractivity (Wildman–Crippen MR) is 121 cm³/mol. The van der Waals surface area contributed by atoms with Crippen LogP contribution in [0, 0.1) is 0 Å². The minimum absolute atomic E-state index is 0.0273. The molecule has 4 aromatic rings. The molecule has 4 heteroatoms. The maximum absolute atomic E-state index is 12.5. The van der Waals surface area contributed by atoms with Crippen LogP contribution in [0.4, 0.5) is 5.69 Å². The van der Waals surface area contributed by atoms with Gasteiger partial charge >= 0.3 is 0 Å². The van der Waals surface area contributed by atoms with Gasteiger partial charge in [0.15, 0.2) is 5.78 Å². The molecule has 0 aliphatic heterocycles. The molecule has 0 aliphatic rings. The number of amides is 1. The lowest BCUT2D eigenvalue weighted by Crippen LogP contribution is -2.37.